The first-order chi connectivity index (χ1) is 20.2. The Balaban J connectivity index is 1.18. The van der Waals surface area contributed by atoms with Gasteiger partial charge in [0.05, 0.1) is 17.4 Å². The largest absolute Gasteiger partial charge is 0.454 e. The van der Waals surface area contributed by atoms with E-state index in [1.165, 1.54) is 23.0 Å². The molecule has 0 atom stereocenters. The summed E-state index contributed by atoms with van der Waals surface area (Å²) in [6.07, 6.45) is 5.40. The molecule has 3 aromatic carbocycles. The van der Waals surface area contributed by atoms with Crippen LogP contribution in [0.3, 0.4) is 0 Å². The number of ether oxygens (including phenoxy) is 1. The van der Waals surface area contributed by atoms with E-state index >= 15 is 4.39 Å². The molecule has 42 heavy (non-hydrogen) atoms. The quantitative estimate of drug-likeness (QED) is 0.240. The molecule has 2 heterocycles. The molecule has 0 radical (unpaired) electrons. The lowest BCUT2D eigenvalue weighted by molar-refractivity contribution is 0.103. The molecule has 1 aliphatic heterocycles. The maximum Gasteiger partial charge on any atom is 0.201 e. The van der Waals surface area contributed by atoms with Crippen LogP contribution in [0.4, 0.5) is 19.0 Å². The van der Waals surface area contributed by atoms with Crippen LogP contribution in [-0.4, -0.2) is 39.6 Å². The van der Waals surface area contributed by atoms with Crippen LogP contribution in [0.15, 0.2) is 66.4 Å². The summed E-state index contributed by atoms with van der Waals surface area (Å²) in [6.45, 7) is 6.26. The molecule has 2 N–H and O–H groups in total. The number of benzene rings is 3. The van der Waals surface area contributed by atoms with Crippen molar-refractivity contribution in [1.82, 2.24) is 14.7 Å². The first-order valence-electron chi connectivity index (χ1n) is 14.1. The summed E-state index contributed by atoms with van der Waals surface area (Å²) in [5.74, 6) is -2.17. The van der Waals surface area contributed by atoms with Crippen molar-refractivity contribution in [2.24, 2.45) is 0 Å². The van der Waals surface area contributed by atoms with Crippen molar-refractivity contribution in [3.63, 3.8) is 0 Å². The second-order valence-corrected chi connectivity index (χ2v) is 11.2. The Bertz CT molecular complexity index is 1690. The minimum absolute atomic E-state index is 0.158. The zero-order chi connectivity index (χ0) is 29.5. The minimum Gasteiger partial charge on any atom is -0.454 e. The molecular weight excluding hydrogens is 541 g/mol. The number of fused-ring (bicyclic) bond motifs is 1. The van der Waals surface area contributed by atoms with Crippen molar-refractivity contribution in [3.8, 4) is 17.2 Å². The molecule has 6 nitrogen and oxygen atoms in total. The summed E-state index contributed by atoms with van der Waals surface area (Å²) in [6, 6.07) is 14.1. The van der Waals surface area contributed by atoms with Gasteiger partial charge in [-0.25, -0.2) is 13.5 Å². The summed E-state index contributed by atoms with van der Waals surface area (Å²) in [5.41, 5.74) is 10.1. The van der Waals surface area contributed by atoms with Gasteiger partial charge in [-0.3, -0.25) is 4.79 Å². The molecule has 4 aromatic rings. The Labute approximate surface area is 242 Å². The number of carbonyl (C=O) groups excluding carboxylic acids is 1. The molecule has 1 aliphatic carbocycles. The summed E-state index contributed by atoms with van der Waals surface area (Å²) >= 11 is 0. The number of nitrogens with two attached hydrogens (primary N) is 1. The van der Waals surface area contributed by atoms with E-state index in [1.54, 1.807) is 30.3 Å². The summed E-state index contributed by atoms with van der Waals surface area (Å²) in [7, 11) is 0. The molecule has 0 unspecified atom stereocenters. The SMILES string of the molecule is CC(C)N1CCC(c2cc3c(cc2F)CC(C(=O)c2cnn(-c4ccc(Oc5cccc(F)c5F)cc4)c2N)=C3)CC1. The fourth-order valence-corrected chi connectivity index (χ4v) is 5.82. The van der Waals surface area contributed by atoms with Gasteiger partial charge in [0, 0.05) is 18.0 Å². The highest BCUT2D eigenvalue weighted by molar-refractivity contribution is 6.15. The van der Waals surface area contributed by atoms with E-state index in [0.717, 1.165) is 48.7 Å². The predicted octanol–water partition coefficient (Wildman–Crippen LogP) is 7.07. The molecule has 216 valence electrons. The van der Waals surface area contributed by atoms with Gasteiger partial charge in [0.2, 0.25) is 5.82 Å². The number of rotatable bonds is 7. The Hall–Kier alpha value is -4.37. The maximum atomic E-state index is 15.2. The average Bonchev–Trinajstić information content (AvgIpc) is 3.58. The van der Waals surface area contributed by atoms with Gasteiger partial charge in [0.1, 0.15) is 17.4 Å². The number of likely N-dealkylation sites (tertiary alicyclic amines) is 1. The summed E-state index contributed by atoms with van der Waals surface area (Å²) < 4.78 is 49.5. The van der Waals surface area contributed by atoms with Gasteiger partial charge in [-0.15, -0.1) is 0 Å². The highest BCUT2D eigenvalue weighted by atomic mass is 19.2. The maximum absolute atomic E-state index is 15.2. The molecule has 0 amide bonds. The van der Waals surface area contributed by atoms with Crippen LogP contribution in [0.1, 0.15) is 59.7 Å². The topological polar surface area (TPSA) is 73.4 Å². The van der Waals surface area contributed by atoms with Crippen LogP contribution >= 0.6 is 0 Å². The molecule has 6 rings (SSSR count). The third-order valence-electron chi connectivity index (χ3n) is 8.24. The van der Waals surface area contributed by atoms with Crippen LogP contribution in [0.25, 0.3) is 11.8 Å². The molecule has 1 aromatic heterocycles. The number of nitrogens with zero attached hydrogens (tertiary/aromatic N) is 3. The fraction of sp³-hybridized carbons (Fsp3) is 0.273. The number of aromatic nitrogens is 2. The van der Waals surface area contributed by atoms with Crippen molar-refractivity contribution in [2.75, 3.05) is 18.8 Å². The number of Topliss-reactive ketones (excluding diaryl/α,β-unsaturated/α-hetero) is 1. The van der Waals surface area contributed by atoms with Crippen LogP contribution in [0, 0.1) is 17.5 Å². The third kappa shape index (κ3) is 5.20. The molecule has 0 bridgehead atoms. The Morgan fingerprint density at radius 3 is 2.48 bits per heavy atom. The van der Waals surface area contributed by atoms with Crippen molar-refractivity contribution in [1.29, 1.82) is 0 Å². The van der Waals surface area contributed by atoms with E-state index in [9.17, 15) is 13.6 Å². The fourth-order valence-electron chi connectivity index (χ4n) is 5.82. The van der Waals surface area contributed by atoms with Gasteiger partial charge in [0.25, 0.3) is 0 Å². The zero-order valence-electron chi connectivity index (χ0n) is 23.4. The third-order valence-corrected chi connectivity index (χ3v) is 8.24. The molecule has 0 spiro atoms. The second kappa shape index (κ2) is 11.1. The smallest absolute Gasteiger partial charge is 0.201 e. The average molecular weight is 573 g/mol. The number of halogens is 3. The predicted molar refractivity (Wildman–Crippen MR) is 156 cm³/mol. The van der Waals surface area contributed by atoms with E-state index in [0.29, 0.717) is 23.7 Å². The number of hydrogen-bond acceptors (Lipinski definition) is 5. The number of anilines is 1. The Kier molecular flexibility index (Phi) is 7.36. The Morgan fingerprint density at radius 1 is 1.02 bits per heavy atom. The summed E-state index contributed by atoms with van der Waals surface area (Å²) in [5, 5.41) is 4.30. The van der Waals surface area contributed by atoms with Crippen LogP contribution in [-0.2, 0) is 6.42 Å². The Morgan fingerprint density at radius 2 is 1.76 bits per heavy atom. The molecule has 1 saturated heterocycles. The van der Waals surface area contributed by atoms with Crippen molar-refractivity contribution in [2.45, 2.75) is 45.1 Å². The molecule has 9 heteroatoms. The van der Waals surface area contributed by atoms with E-state index < -0.39 is 11.6 Å². The van der Waals surface area contributed by atoms with E-state index in [1.807, 2.05) is 12.1 Å². The first kappa shape index (κ1) is 27.8. The summed E-state index contributed by atoms with van der Waals surface area (Å²) in [4.78, 5) is 15.9. The normalized spacial score (nSPS) is 15.6. The number of ketones is 1. The first-order valence-corrected chi connectivity index (χ1v) is 14.1. The zero-order valence-corrected chi connectivity index (χ0v) is 23.4. The minimum atomic E-state index is -1.07. The van der Waals surface area contributed by atoms with Gasteiger partial charge in [-0.2, -0.15) is 9.49 Å². The second-order valence-electron chi connectivity index (χ2n) is 11.2. The monoisotopic (exact) mass is 572 g/mol. The van der Waals surface area contributed by atoms with Gasteiger partial charge in [0.15, 0.2) is 17.3 Å². The van der Waals surface area contributed by atoms with Crippen LogP contribution < -0.4 is 10.5 Å². The highest BCUT2D eigenvalue weighted by Gasteiger charge is 2.28. The number of piperidine rings is 1. The van der Waals surface area contributed by atoms with Crippen molar-refractivity contribution >= 4 is 17.7 Å². The lowest BCUT2D eigenvalue weighted by Crippen LogP contribution is -2.38. The van der Waals surface area contributed by atoms with Gasteiger partial charge in [-0.05, 0) is 117 Å². The van der Waals surface area contributed by atoms with Crippen LogP contribution in [0.5, 0.6) is 11.5 Å². The number of nitrogen functional groups attached to an aromatic ring is 1. The highest BCUT2D eigenvalue weighted by Crippen LogP contribution is 2.36. The van der Waals surface area contributed by atoms with Gasteiger partial charge in [-0.1, -0.05) is 6.07 Å². The standard InChI is InChI=1S/C33H31F3N4O2/c1-19(2)39-12-10-20(11-13-39)26-16-21-14-23(15-22(21)17-29(26)35)32(41)27-18-38-40(33(27)37)24-6-8-25(9-7-24)42-30-5-3-4-28(34)31(30)36/h3-9,14,16-20H,10-13,15,37H2,1-2H3. The molecule has 2 aliphatic rings. The lowest BCUT2D eigenvalue weighted by atomic mass is 9.87. The number of allylic oxidation sites excluding steroid dienone is 1. The van der Waals surface area contributed by atoms with Gasteiger partial charge < -0.3 is 15.4 Å². The molecule has 1 fully saturated rings. The van der Waals surface area contributed by atoms with E-state index in [-0.39, 0.29) is 40.4 Å². The number of hydrogen-bond donors (Lipinski definition) is 1. The number of carbonyl (C=O) groups is 1. The van der Waals surface area contributed by atoms with Crippen molar-refractivity contribution < 1.29 is 22.7 Å². The van der Waals surface area contributed by atoms with E-state index in [2.05, 4.69) is 23.8 Å². The van der Waals surface area contributed by atoms with Crippen LogP contribution in [0.2, 0.25) is 0 Å². The molecular formula is C33H31F3N4O2. The van der Waals surface area contributed by atoms with Crippen molar-refractivity contribution in [3.05, 3.63) is 106 Å². The molecule has 0 saturated carbocycles. The van der Waals surface area contributed by atoms with E-state index in [4.69, 9.17) is 10.5 Å². The lowest BCUT2D eigenvalue weighted by Gasteiger charge is -2.35. The van der Waals surface area contributed by atoms with Gasteiger partial charge >= 0.3 is 0 Å².